The average Bonchev–Trinajstić information content (AvgIpc) is 2.89. The quantitative estimate of drug-likeness (QED) is 0.466. The Balaban J connectivity index is 1.96. The van der Waals surface area contributed by atoms with E-state index in [1.54, 1.807) is 0 Å². The van der Waals surface area contributed by atoms with E-state index in [1.165, 1.54) is 12.8 Å². The monoisotopic (exact) mass is 183 g/mol. The van der Waals surface area contributed by atoms with Crippen LogP contribution >= 0.6 is 0 Å². The molecule has 1 saturated heterocycles. The Morgan fingerprint density at radius 3 is 2.92 bits per heavy atom. The molecule has 1 aliphatic carbocycles. The van der Waals surface area contributed by atoms with E-state index < -0.39 is 0 Å². The average molecular weight is 183 g/mol. The first kappa shape index (κ1) is 8.81. The molecule has 2 aliphatic rings. The van der Waals surface area contributed by atoms with Crippen LogP contribution in [0, 0.1) is 0 Å². The van der Waals surface area contributed by atoms with Crippen molar-refractivity contribution in [1.82, 2.24) is 4.90 Å². The molecule has 4 heteroatoms. The van der Waals surface area contributed by atoms with Crippen molar-refractivity contribution in [3.63, 3.8) is 0 Å². The smallest absolute Gasteiger partial charge is 0.191 e. The molecule has 1 atom stereocenters. The van der Waals surface area contributed by atoms with E-state index in [9.17, 15) is 0 Å². The number of nitrogens with two attached hydrogens (primary N) is 1. The van der Waals surface area contributed by atoms with Gasteiger partial charge in [0.15, 0.2) is 5.96 Å². The highest BCUT2D eigenvalue weighted by atomic mass is 16.5. The van der Waals surface area contributed by atoms with Gasteiger partial charge in [-0.1, -0.05) is 0 Å². The van der Waals surface area contributed by atoms with Gasteiger partial charge in [0.1, 0.15) is 0 Å². The van der Waals surface area contributed by atoms with E-state index in [4.69, 9.17) is 10.5 Å². The highest BCUT2D eigenvalue weighted by Crippen LogP contribution is 2.23. The second-order valence-corrected chi connectivity index (χ2v) is 3.84. The van der Waals surface area contributed by atoms with E-state index in [2.05, 4.69) is 16.8 Å². The lowest BCUT2D eigenvalue weighted by atomic mass is 10.3. The van der Waals surface area contributed by atoms with Crippen LogP contribution < -0.4 is 5.73 Å². The summed E-state index contributed by atoms with van der Waals surface area (Å²) in [6.45, 7) is 4.53. The molecule has 0 aromatic carbocycles. The number of ether oxygens (including phenoxy) is 1. The number of nitrogens with zero attached hydrogens (tertiary/aromatic N) is 2. The second-order valence-electron chi connectivity index (χ2n) is 3.84. The van der Waals surface area contributed by atoms with Crippen molar-refractivity contribution >= 4 is 5.96 Å². The van der Waals surface area contributed by atoms with E-state index in [0.29, 0.717) is 18.0 Å². The van der Waals surface area contributed by atoms with Gasteiger partial charge in [0.2, 0.25) is 0 Å². The Bertz CT molecular complexity index is 213. The third kappa shape index (κ3) is 2.12. The van der Waals surface area contributed by atoms with Crippen molar-refractivity contribution in [3.05, 3.63) is 0 Å². The van der Waals surface area contributed by atoms with Crippen molar-refractivity contribution in [2.24, 2.45) is 10.7 Å². The summed E-state index contributed by atoms with van der Waals surface area (Å²) < 4.78 is 5.33. The Kier molecular flexibility index (Phi) is 2.40. The summed E-state index contributed by atoms with van der Waals surface area (Å²) in [5, 5.41) is 0. The van der Waals surface area contributed by atoms with Gasteiger partial charge in [-0.25, -0.2) is 4.99 Å². The highest BCUT2D eigenvalue weighted by molar-refractivity contribution is 5.78. The van der Waals surface area contributed by atoms with Crippen LogP contribution in [0.5, 0.6) is 0 Å². The zero-order chi connectivity index (χ0) is 9.26. The van der Waals surface area contributed by atoms with Crippen LogP contribution in [0.25, 0.3) is 0 Å². The lowest BCUT2D eigenvalue weighted by molar-refractivity contribution is 0.0325. The fraction of sp³-hybridized carbons (Fsp3) is 0.889. The summed E-state index contributed by atoms with van der Waals surface area (Å²) in [7, 11) is 0. The molecule has 0 bridgehead atoms. The molecule has 1 saturated carbocycles. The third-order valence-corrected chi connectivity index (χ3v) is 2.52. The van der Waals surface area contributed by atoms with E-state index in [-0.39, 0.29) is 0 Å². The topological polar surface area (TPSA) is 50.9 Å². The third-order valence-electron chi connectivity index (χ3n) is 2.52. The number of hydrogen-bond acceptors (Lipinski definition) is 2. The molecule has 0 amide bonds. The molecule has 1 unspecified atom stereocenters. The minimum absolute atomic E-state index is 0.372. The van der Waals surface area contributed by atoms with Gasteiger partial charge in [0.05, 0.1) is 25.3 Å². The lowest BCUT2D eigenvalue weighted by Crippen LogP contribution is -2.50. The predicted molar refractivity (Wildman–Crippen MR) is 51.6 cm³/mol. The van der Waals surface area contributed by atoms with Crippen LogP contribution in [0.1, 0.15) is 19.8 Å². The lowest BCUT2D eigenvalue weighted by Gasteiger charge is -2.34. The summed E-state index contributed by atoms with van der Waals surface area (Å²) in [6.07, 6.45) is 2.42. The summed E-state index contributed by atoms with van der Waals surface area (Å²) in [4.78, 5) is 6.57. The summed E-state index contributed by atoms with van der Waals surface area (Å²) in [6, 6.07) is 0.881. The van der Waals surface area contributed by atoms with Gasteiger partial charge in [0, 0.05) is 6.54 Å². The van der Waals surface area contributed by atoms with Gasteiger partial charge >= 0.3 is 0 Å². The van der Waals surface area contributed by atoms with Gasteiger partial charge in [0.25, 0.3) is 0 Å². The first-order chi connectivity index (χ1) is 6.27. The summed E-state index contributed by atoms with van der Waals surface area (Å²) in [5.41, 5.74) is 5.90. The molecule has 2 fully saturated rings. The SMILES string of the molecule is CC1COCCN1C(N)=NC1CC1. The number of rotatable bonds is 1. The molecule has 0 aromatic heterocycles. The van der Waals surface area contributed by atoms with E-state index in [1.807, 2.05) is 0 Å². The van der Waals surface area contributed by atoms with Crippen LogP contribution in [0.15, 0.2) is 4.99 Å². The normalized spacial score (nSPS) is 30.7. The molecule has 4 nitrogen and oxygen atoms in total. The van der Waals surface area contributed by atoms with Gasteiger partial charge in [-0.05, 0) is 19.8 Å². The Morgan fingerprint density at radius 1 is 1.54 bits per heavy atom. The standard InChI is InChI=1S/C9H17N3O/c1-7-6-13-5-4-12(7)9(10)11-8-2-3-8/h7-8H,2-6H2,1H3,(H2,10,11). The fourth-order valence-corrected chi connectivity index (χ4v) is 1.53. The molecular formula is C9H17N3O. The van der Waals surface area contributed by atoms with Crippen molar-refractivity contribution in [2.75, 3.05) is 19.8 Å². The van der Waals surface area contributed by atoms with Gasteiger partial charge < -0.3 is 15.4 Å². The van der Waals surface area contributed by atoms with Crippen molar-refractivity contribution in [3.8, 4) is 0 Å². The molecule has 0 aromatic rings. The van der Waals surface area contributed by atoms with Crippen LogP contribution in [-0.2, 0) is 4.74 Å². The van der Waals surface area contributed by atoms with Crippen molar-refractivity contribution in [1.29, 1.82) is 0 Å². The van der Waals surface area contributed by atoms with E-state index >= 15 is 0 Å². The molecule has 1 heterocycles. The van der Waals surface area contributed by atoms with Gasteiger partial charge in [-0.2, -0.15) is 0 Å². The zero-order valence-corrected chi connectivity index (χ0v) is 8.07. The molecule has 74 valence electrons. The molecule has 2 N–H and O–H groups in total. The number of hydrogen-bond donors (Lipinski definition) is 1. The Hall–Kier alpha value is -0.770. The highest BCUT2D eigenvalue weighted by Gasteiger charge is 2.25. The molecule has 2 rings (SSSR count). The first-order valence-corrected chi connectivity index (χ1v) is 4.95. The zero-order valence-electron chi connectivity index (χ0n) is 8.07. The van der Waals surface area contributed by atoms with Gasteiger partial charge in [-0.15, -0.1) is 0 Å². The van der Waals surface area contributed by atoms with E-state index in [0.717, 1.165) is 19.8 Å². The van der Waals surface area contributed by atoms with Crippen molar-refractivity contribution < 1.29 is 4.74 Å². The van der Waals surface area contributed by atoms with Crippen LogP contribution in [-0.4, -0.2) is 42.7 Å². The second kappa shape index (κ2) is 3.54. The fourth-order valence-electron chi connectivity index (χ4n) is 1.53. The molecule has 0 radical (unpaired) electrons. The van der Waals surface area contributed by atoms with Gasteiger partial charge in [-0.3, -0.25) is 0 Å². The van der Waals surface area contributed by atoms with Crippen LogP contribution in [0.4, 0.5) is 0 Å². The molecule has 13 heavy (non-hydrogen) atoms. The molecule has 1 aliphatic heterocycles. The maximum Gasteiger partial charge on any atom is 0.191 e. The molecular weight excluding hydrogens is 166 g/mol. The predicted octanol–water partition coefficient (Wildman–Crippen LogP) is 0.184. The molecule has 0 spiro atoms. The maximum atomic E-state index is 5.90. The summed E-state index contributed by atoms with van der Waals surface area (Å²) >= 11 is 0. The van der Waals surface area contributed by atoms with Crippen molar-refractivity contribution in [2.45, 2.75) is 31.8 Å². The van der Waals surface area contributed by atoms with Crippen LogP contribution in [0.2, 0.25) is 0 Å². The Labute approximate surface area is 78.8 Å². The van der Waals surface area contributed by atoms with Crippen LogP contribution in [0.3, 0.4) is 0 Å². The number of guanidine groups is 1. The number of morpholine rings is 1. The minimum atomic E-state index is 0.372. The first-order valence-electron chi connectivity index (χ1n) is 4.95. The largest absolute Gasteiger partial charge is 0.377 e. The Morgan fingerprint density at radius 2 is 2.31 bits per heavy atom. The minimum Gasteiger partial charge on any atom is -0.377 e. The number of aliphatic imine (C=N–C) groups is 1. The maximum absolute atomic E-state index is 5.90. The summed E-state index contributed by atoms with van der Waals surface area (Å²) in [5.74, 6) is 0.707.